The van der Waals surface area contributed by atoms with Crippen molar-refractivity contribution in [1.82, 2.24) is 0 Å². The topological polar surface area (TPSA) is 110 Å². The van der Waals surface area contributed by atoms with Crippen LogP contribution in [-0.2, 0) is 9.47 Å². The van der Waals surface area contributed by atoms with Crippen molar-refractivity contribution in [3.8, 4) is 0 Å². The molecule has 0 saturated carbocycles. The van der Waals surface area contributed by atoms with E-state index in [1.165, 1.54) is 0 Å². The zero-order valence-corrected chi connectivity index (χ0v) is 4.44. The van der Waals surface area contributed by atoms with E-state index in [1.807, 2.05) is 0 Å². The summed E-state index contributed by atoms with van der Waals surface area (Å²) in [5.41, 5.74) is 0. The summed E-state index contributed by atoms with van der Waals surface area (Å²) in [5.74, 6) is 0. The summed E-state index contributed by atoms with van der Waals surface area (Å²) in [5, 5.41) is 15.4. The summed E-state index contributed by atoms with van der Waals surface area (Å²) in [4.78, 5) is 28.8. The molecule has 0 aliphatic heterocycles. The molecule has 0 spiro atoms. The van der Waals surface area contributed by atoms with E-state index in [-0.39, 0.29) is 37.7 Å². The van der Waals surface area contributed by atoms with Crippen molar-refractivity contribution in [2.24, 2.45) is 0 Å². The van der Waals surface area contributed by atoms with Gasteiger partial charge in [-0.15, -0.1) is 0 Å². The molecule has 9 heteroatoms. The van der Waals surface area contributed by atoms with Crippen LogP contribution in [0.25, 0.3) is 0 Å². The number of hydrogen-bond donors (Lipinski definition) is 2. The number of hydrogen-bond acceptors (Lipinski definition) is 5. The van der Waals surface area contributed by atoms with E-state index < -0.39 is 18.5 Å². The average molecular weight is 166 g/mol. The summed E-state index contributed by atoms with van der Waals surface area (Å²) in [6.07, 6.45) is -5.64. The predicted molar refractivity (Wildman–Crippen MR) is 37.9 cm³/mol. The van der Waals surface area contributed by atoms with Gasteiger partial charge >= 0.3 is 56.2 Å². The Morgan fingerprint density at radius 3 is 1.25 bits per heavy atom. The first-order chi connectivity index (χ1) is 4.52. The zero-order chi connectivity index (χ0) is 8.15. The predicted octanol–water partition coefficient (Wildman–Crippen LogP) is -0.801. The van der Waals surface area contributed by atoms with Crippen molar-refractivity contribution < 1.29 is 34.1 Å². The van der Waals surface area contributed by atoms with Gasteiger partial charge in [0.15, 0.2) is 0 Å². The van der Waals surface area contributed by atoms with Gasteiger partial charge in [-0.25, -0.2) is 14.4 Å². The molecule has 7 nitrogen and oxygen atoms in total. The number of carbonyl (C=O) groups excluding carboxylic acids is 1. The fraction of sp³-hybridized carbons (Fsp3) is 0. The quantitative estimate of drug-likeness (QED) is 0.275. The molecule has 0 aliphatic carbocycles. The van der Waals surface area contributed by atoms with Crippen molar-refractivity contribution in [2.45, 2.75) is 0 Å². The van der Waals surface area contributed by atoms with E-state index >= 15 is 0 Å². The zero-order valence-electron chi connectivity index (χ0n) is 4.44. The van der Waals surface area contributed by atoms with Crippen molar-refractivity contribution in [2.75, 3.05) is 0 Å². The van der Waals surface area contributed by atoms with Gasteiger partial charge in [-0.05, 0) is 0 Å². The van der Waals surface area contributed by atoms with Crippen LogP contribution in [0.3, 0.4) is 0 Å². The molecule has 2 N–H and O–H groups in total. The Hall–Kier alpha value is -0.595. The molecule has 0 amide bonds. The fourth-order valence-corrected chi connectivity index (χ4v) is 0.163. The number of carboxylic acid groups (broad SMARTS) is 2. The minimum absolute atomic E-state index is 0. The Morgan fingerprint density at radius 2 is 1.08 bits per heavy atom. The van der Waals surface area contributed by atoms with Gasteiger partial charge in [-0.2, -0.15) is 0 Å². The number of rotatable bonds is 0. The first kappa shape index (κ1) is 17.5. The molecule has 0 atom stereocenters. The van der Waals surface area contributed by atoms with Crippen LogP contribution in [0.1, 0.15) is 0 Å². The Balaban J connectivity index is -0.000000405. The van der Waals surface area contributed by atoms with Crippen molar-refractivity contribution in [1.29, 1.82) is 0 Å². The van der Waals surface area contributed by atoms with Gasteiger partial charge in [-0.1, -0.05) is 0 Å². The normalized spacial score (nSPS) is 6.67. The van der Waals surface area contributed by atoms with Crippen LogP contribution in [-0.4, -0.2) is 66.4 Å². The van der Waals surface area contributed by atoms with Gasteiger partial charge in [0.2, 0.25) is 0 Å². The molecular weight excluding hydrogens is 162 g/mol. The molecule has 0 unspecified atom stereocenters. The standard InChI is InChI=1S/C3H2O7.2Li.2H/c4-1(5)9-3(8)10-2(6)7;;;;/h(H,4,5)(H,6,7);;;;. The van der Waals surface area contributed by atoms with E-state index in [0.29, 0.717) is 0 Å². The molecule has 0 aromatic carbocycles. The van der Waals surface area contributed by atoms with E-state index in [2.05, 4.69) is 9.47 Å². The maximum absolute atomic E-state index is 9.86. The van der Waals surface area contributed by atoms with Crippen molar-refractivity contribution >= 4 is 56.2 Å². The Bertz CT molecular complexity index is 159. The van der Waals surface area contributed by atoms with E-state index in [0.717, 1.165) is 0 Å². The van der Waals surface area contributed by atoms with Crippen LogP contribution in [0.2, 0.25) is 0 Å². The van der Waals surface area contributed by atoms with Gasteiger partial charge in [-0.3, -0.25) is 0 Å². The summed E-state index contributed by atoms with van der Waals surface area (Å²) < 4.78 is 6.47. The molecule has 0 saturated heterocycles. The molecule has 0 aromatic rings. The van der Waals surface area contributed by atoms with Gasteiger partial charge in [0.1, 0.15) is 0 Å². The van der Waals surface area contributed by atoms with E-state index in [9.17, 15) is 14.4 Å². The monoisotopic (exact) mass is 166 g/mol. The van der Waals surface area contributed by atoms with Gasteiger partial charge in [0.05, 0.1) is 0 Å². The second kappa shape index (κ2) is 8.50. The summed E-state index contributed by atoms with van der Waals surface area (Å²) in [7, 11) is 0. The average Bonchev–Trinajstić information content (AvgIpc) is 1.58. The number of ether oxygens (including phenoxy) is 2. The minimum atomic E-state index is -1.92. The Kier molecular flexibility index (Phi) is 12.4. The third-order valence-corrected chi connectivity index (χ3v) is 0.341. The fourth-order valence-electron chi connectivity index (χ4n) is 0.163. The first-order valence-electron chi connectivity index (χ1n) is 1.88. The van der Waals surface area contributed by atoms with Crippen LogP contribution >= 0.6 is 0 Å². The van der Waals surface area contributed by atoms with Crippen LogP contribution in [0.5, 0.6) is 0 Å². The third kappa shape index (κ3) is 12.1. The Morgan fingerprint density at radius 1 is 0.833 bits per heavy atom. The SMILES string of the molecule is O=C(O)OC(=O)OC(=O)O.[LiH].[LiH]. The molecule has 0 aromatic heterocycles. The van der Waals surface area contributed by atoms with E-state index in [1.54, 1.807) is 0 Å². The summed E-state index contributed by atoms with van der Waals surface area (Å²) >= 11 is 0. The molecule has 0 radical (unpaired) electrons. The molecule has 0 aliphatic rings. The van der Waals surface area contributed by atoms with Crippen LogP contribution in [0.4, 0.5) is 14.4 Å². The maximum atomic E-state index is 9.86. The molecule has 0 rings (SSSR count). The summed E-state index contributed by atoms with van der Waals surface area (Å²) in [6, 6.07) is 0. The molecule has 60 valence electrons. The van der Waals surface area contributed by atoms with Crippen LogP contribution < -0.4 is 0 Å². The Labute approximate surface area is 90.4 Å². The van der Waals surface area contributed by atoms with Crippen LogP contribution in [0.15, 0.2) is 0 Å². The molecule has 0 heterocycles. The van der Waals surface area contributed by atoms with Crippen LogP contribution in [0, 0.1) is 0 Å². The molecule has 0 fully saturated rings. The first-order valence-corrected chi connectivity index (χ1v) is 1.88. The van der Waals surface area contributed by atoms with Gasteiger partial charge in [0.25, 0.3) is 0 Å². The van der Waals surface area contributed by atoms with Gasteiger partial charge < -0.3 is 19.7 Å². The van der Waals surface area contributed by atoms with E-state index in [4.69, 9.17) is 10.2 Å². The second-order valence-electron chi connectivity index (χ2n) is 0.986. The molecule has 0 bridgehead atoms. The second-order valence-corrected chi connectivity index (χ2v) is 0.986. The third-order valence-electron chi connectivity index (χ3n) is 0.341. The van der Waals surface area contributed by atoms with Crippen molar-refractivity contribution in [3.63, 3.8) is 0 Å². The summed E-state index contributed by atoms with van der Waals surface area (Å²) in [6.45, 7) is 0. The molecular formula is C3H4Li2O7. The number of carbonyl (C=O) groups is 3. The van der Waals surface area contributed by atoms with Crippen molar-refractivity contribution in [3.05, 3.63) is 0 Å². The van der Waals surface area contributed by atoms with Gasteiger partial charge in [0, 0.05) is 0 Å². The molecule has 12 heavy (non-hydrogen) atoms.